The molecule has 0 aliphatic heterocycles. The SMILES string of the molecule is CC(C)C(=O)C(=O)OC(=O)C(=O)C(C)C. The lowest BCUT2D eigenvalue weighted by Gasteiger charge is -2.04. The highest BCUT2D eigenvalue weighted by Gasteiger charge is 2.27. The summed E-state index contributed by atoms with van der Waals surface area (Å²) < 4.78 is 4.12. The van der Waals surface area contributed by atoms with Crippen LogP contribution in [0.3, 0.4) is 0 Å². The first-order chi connectivity index (χ1) is 6.77. The summed E-state index contributed by atoms with van der Waals surface area (Å²) in [6.45, 7) is 5.99. The van der Waals surface area contributed by atoms with Gasteiger partial charge in [-0.05, 0) is 0 Å². The second kappa shape index (κ2) is 5.38. The summed E-state index contributed by atoms with van der Waals surface area (Å²) in [6.07, 6.45) is 0. The molecule has 0 aromatic carbocycles. The van der Waals surface area contributed by atoms with Crippen LogP contribution in [-0.2, 0) is 23.9 Å². The summed E-state index contributed by atoms with van der Waals surface area (Å²) in [5.74, 6) is -5.30. The minimum absolute atomic E-state index is 0.556. The van der Waals surface area contributed by atoms with E-state index in [0.29, 0.717) is 0 Å². The van der Waals surface area contributed by atoms with Crippen molar-refractivity contribution >= 4 is 23.5 Å². The van der Waals surface area contributed by atoms with Gasteiger partial charge in [0.05, 0.1) is 0 Å². The average Bonchev–Trinajstić information content (AvgIpc) is 2.14. The molecule has 0 aromatic heterocycles. The topological polar surface area (TPSA) is 77.5 Å². The molecule has 0 saturated heterocycles. The molecule has 0 atom stereocenters. The van der Waals surface area contributed by atoms with Gasteiger partial charge in [0.15, 0.2) is 0 Å². The number of ketones is 2. The molecule has 0 saturated carbocycles. The number of Topliss-reactive ketones (excluding diaryl/α,β-unsaturated/α-hetero) is 2. The van der Waals surface area contributed by atoms with E-state index in [1.807, 2.05) is 0 Å². The van der Waals surface area contributed by atoms with E-state index in [-0.39, 0.29) is 0 Å². The first kappa shape index (κ1) is 13.5. The van der Waals surface area contributed by atoms with Crippen LogP contribution in [0.4, 0.5) is 0 Å². The molecule has 0 heterocycles. The van der Waals surface area contributed by atoms with Crippen LogP contribution in [0.25, 0.3) is 0 Å². The number of ether oxygens (including phenoxy) is 1. The summed E-state index contributed by atoms with van der Waals surface area (Å²) in [4.78, 5) is 44.0. The van der Waals surface area contributed by atoms with Crippen LogP contribution >= 0.6 is 0 Å². The van der Waals surface area contributed by atoms with Crippen molar-refractivity contribution in [1.29, 1.82) is 0 Å². The standard InChI is InChI=1S/C10H14O5/c1-5(2)7(11)9(13)15-10(14)8(12)6(3)4/h5-6H,1-4H3. The molecule has 0 rings (SSSR count). The number of hydrogen-bond acceptors (Lipinski definition) is 5. The monoisotopic (exact) mass is 214 g/mol. The average molecular weight is 214 g/mol. The molecule has 0 fully saturated rings. The van der Waals surface area contributed by atoms with Crippen molar-refractivity contribution in [3.8, 4) is 0 Å². The van der Waals surface area contributed by atoms with Crippen LogP contribution in [0.15, 0.2) is 0 Å². The predicted molar refractivity (Wildman–Crippen MR) is 50.8 cm³/mol. The number of esters is 2. The summed E-state index contributed by atoms with van der Waals surface area (Å²) in [5, 5.41) is 0. The third kappa shape index (κ3) is 4.01. The number of hydrogen-bond donors (Lipinski definition) is 0. The molecule has 0 amide bonds. The minimum atomic E-state index is -1.27. The Kier molecular flexibility index (Phi) is 4.84. The Labute approximate surface area is 87.8 Å². The zero-order chi connectivity index (χ0) is 12.2. The summed E-state index contributed by atoms with van der Waals surface area (Å²) in [7, 11) is 0. The van der Waals surface area contributed by atoms with Crippen LogP contribution in [0.1, 0.15) is 27.7 Å². The molecule has 5 heteroatoms. The molecular weight excluding hydrogens is 200 g/mol. The van der Waals surface area contributed by atoms with Crippen molar-refractivity contribution in [2.75, 3.05) is 0 Å². The van der Waals surface area contributed by atoms with Crippen LogP contribution in [0.2, 0.25) is 0 Å². The molecular formula is C10H14O5. The van der Waals surface area contributed by atoms with E-state index in [2.05, 4.69) is 4.74 Å². The van der Waals surface area contributed by atoms with Gasteiger partial charge >= 0.3 is 11.9 Å². The first-order valence-corrected chi connectivity index (χ1v) is 4.61. The van der Waals surface area contributed by atoms with Crippen LogP contribution in [0, 0.1) is 11.8 Å². The molecule has 0 unspecified atom stereocenters. The smallest absolute Gasteiger partial charge is 0.381 e. The molecule has 5 nitrogen and oxygen atoms in total. The van der Waals surface area contributed by atoms with Gasteiger partial charge in [-0.2, -0.15) is 0 Å². The lowest BCUT2D eigenvalue weighted by atomic mass is 10.1. The minimum Gasteiger partial charge on any atom is -0.381 e. The molecule has 0 spiro atoms. The van der Waals surface area contributed by atoms with E-state index < -0.39 is 35.3 Å². The number of carbonyl (C=O) groups excluding carboxylic acids is 4. The molecule has 0 aliphatic carbocycles. The highest BCUT2D eigenvalue weighted by Crippen LogP contribution is 2.00. The van der Waals surface area contributed by atoms with Gasteiger partial charge < -0.3 is 4.74 Å². The fraction of sp³-hybridized carbons (Fsp3) is 0.600. The second-order valence-corrected chi connectivity index (χ2v) is 3.71. The fourth-order valence-corrected chi connectivity index (χ4v) is 0.656. The van der Waals surface area contributed by atoms with Gasteiger partial charge in [0, 0.05) is 11.8 Å². The van der Waals surface area contributed by atoms with Crippen LogP contribution in [0.5, 0.6) is 0 Å². The second-order valence-electron chi connectivity index (χ2n) is 3.71. The number of rotatable bonds is 4. The van der Waals surface area contributed by atoms with Gasteiger partial charge in [-0.1, -0.05) is 27.7 Å². The quantitative estimate of drug-likeness (QED) is 0.387. The molecule has 84 valence electrons. The van der Waals surface area contributed by atoms with Crippen molar-refractivity contribution < 1.29 is 23.9 Å². The highest BCUT2D eigenvalue weighted by molar-refractivity contribution is 6.42. The normalized spacial score (nSPS) is 10.3. The third-order valence-electron chi connectivity index (χ3n) is 1.64. The summed E-state index contributed by atoms with van der Waals surface area (Å²) in [6, 6.07) is 0. The number of carbonyl (C=O) groups is 4. The Morgan fingerprint density at radius 2 is 1.00 bits per heavy atom. The lowest BCUT2D eigenvalue weighted by molar-refractivity contribution is -0.168. The maximum absolute atomic E-state index is 11.0. The Hall–Kier alpha value is -1.52. The van der Waals surface area contributed by atoms with Gasteiger partial charge in [0.2, 0.25) is 11.6 Å². The van der Waals surface area contributed by atoms with Gasteiger partial charge in [0.1, 0.15) is 0 Å². The Balaban J connectivity index is 4.38. The summed E-state index contributed by atoms with van der Waals surface area (Å²) >= 11 is 0. The fourth-order valence-electron chi connectivity index (χ4n) is 0.656. The molecule has 0 aliphatic rings. The van der Waals surface area contributed by atoms with Gasteiger partial charge in [-0.3, -0.25) is 9.59 Å². The molecule has 0 aromatic rings. The Bertz CT molecular complexity index is 271. The van der Waals surface area contributed by atoms with E-state index in [1.165, 1.54) is 27.7 Å². The van der Waals surface area contributed by atoms with E-state index in [1.54, 1.807) is 0 Å². The van der Waals surface area contributed by atoms with E-state index >= 15 is 0 Å². The van der Waals surface area contributed by atoms with Gasteiger partial charge in [-0.25, -0.2) is 9.59 Å². The van der Waals surface area contributed by atoms with Crippen LogP contribution < -0.4 is 0 Å². The van der Waals surface area contributed by atoms with Gasteiger partial charge in [-0.15, -0.1) is 0 Å². The highest BCUT2D eigenvalue weighted by atomic mass is 16.6. The van der Waals surface area contributed by atoms with Crippen LogP contribution in [-0.4, -0.2) is 23.5 Å². The van der Waals surface area contributed by atoms with E-state index in [9.17, 15) is 19.2 Å². The van der Waals surface area contributed by atoms with Crippen molar-refractivity contribution in [1.82, 2.24) is 0 Å². The predicted octanol–water partition coefficient (Wildman–Crippen LogP) is 0.506. The van der Waals surface area contributed by atoms with Crippen molar-refractivity contribution in [3.63, 3.8) is 0 Å². The van der Waals surface area contributed by atoms with E-state index in [4.69, 9.17) is 0 Å². The third-order valence-corrected chi connectivity index (χ3v) is 1.64. The molecule has 0 bridgehead atoms. The molecule has 0 N–H and O–H groups in total. The first-order valence-electron chi connectivity index (χ1n) is 4.61. The van der Waals surface area contributed by atoms with Crippen molar-refractivity contribution in [2.45, 2.75) is 27.7 Å². The Morgan fingerprint density at radius 1 is 0.733 bits per heavy atom. The maximum Gasteiger partial charge on any atom is 0.382 e. The summed E-state index contributed by atoms with van der Waals surface area (Å²) in [5.41, 5.74) is 0. The maximum atomic E-state index is 11.0. The van der Waals surface area contributed by atoms with Crippen molar-refractivity contribution in [3.05, 3.63) is 0 Å². The zero-order valence-corrected chi connectivity index (χ0v) is 9.20. The lowest BCUT2D eigenvalue weighted by Crippen LogP contribution is -2.30. The molecule has 15 heavy (non-hydrogen) atoms. The van der Waals surface area contributed by atoms with E-state index in [0.717, 1.165) is 0 Å². The van der Waals surface area contributed by atoms with Gasteiger partial charge in [0.25, 0.3) is 0 Å². The zero-order valence-electron chi connectivity index (χ0n) is 9.20. The molecule has 0 radical (unpaired) electrons. The largest absolute Gasteiger partial charge is 0.382 e. The Morgan fingerprint density at radius 3 is 1.20 bits per heavy atom. The van der Waals surface area contributed by atoms with Crippen molar-refractivity contribution in [2.24, 2.45) is 11.8 Å².